The molecule has 2 aromatic rings. The Morgan fingerprint density at radius 3 is 2.86 bits per heavy atom. The lowest BCUT2D eigenvalue weighted by Gasteiger charge is -2.15. The van der Waals surface area contributed by atoms with Crippen molar-refractivity contribution in [1.29, 1.82) is 0 Å². The lowest BCUT2D eigenvalue weighted by molar-refractivity contribution is 0.174. The number of benzene rings is 2. The largest absolute Gasteiger partial charge is 0.488 e. The number of fused-ring (bicyclic) bond motifs is 1. The number of ether oxygens (including phenoxy) is 3. The average Bonchev–Trinajstić information content (AvgIpc) is 2.92. The Morgan fingerprint density at radius 2 is 2.05 bits per heavy atom. The van der Waals surface area contributed by atoms with Gasteiger partial charge in [-0.2, -0.15) is 0 Å². The lowest BCUT2D eigenvalue weighted by Crippen LogP contribution is -2.10. The van der Waals surface area contributed by atoms with E-state index in [1.807, 2.05) is 18.2 Å². The van der Waals surface area contributed by atoms with Gasteiger partial charge in [-0.25, -0.2) is 4.39 Å². The minimum Gasteiger partial charge on any atom is -0.488 e. The summed E-state index contributed by atoms with van der Waals surface area (Å²) in [5.41, 5.74) is 7.10. The molecule has 5 heteroatoms. The third kappa shape index (κ3) is 2.78. The Morgan fingerprint density at radius 1 is 1.24 bits per heavy atom. The third-order valence-electron chi connectivity index (χ3n) is 3.30. The van der Waals surface area contributed by atoms with E-state index in [-0.39, 0.29) is 12.6 Å². The van der Waals surface area contributed by atoms with E-state index >= 15 is 0 Å². The van der Waals surface area contributed by atoms with E-state index in [4.69, 9.17) is 19.9 Å². The van der Waals surface area contributed by atoms with Gasteiger partial charge in [0.2, 0.25) is 6.79 Å². The summed E-state index contributed by atoms with van der Waals surface area (Å²) < 4.78 is 30.1. The molecule has 0 radical (unpaired) electrons. The fourth-order valence-electron chi connectivity index (χ4n) is 2.28. The van der Waals surface area contributed by atoms with Gasteiger partial charge in [0.05, 0.1) is 0 Å². The van der Waals surface area contributed by atoms with Crippen molar-refractivity contribution in [2.75, 3.05) is 6.79 Å². The van der Waals surface area contributed by atoms with Crippen LogP contribution in [-0.2, 0) is 6.61 Å². The summed E-state index contributed by atoms with van der Waals surface area (Å²) in [6.45, 7) is 2.27. The maximum absolute atomic E-state index is 13.8. The first kappa shape index (κ1) is 13.7. The molecule has 0 spiro atoms. The van der Waals surface area contributed by atoms with E-state index in [9.17, 15) is 4.39 Å². The smallest absolute Gasteiger partial charge is 0.231 e. The molecule has 0 saturated carbocycles. The van der Waals surface area contributed by atoms with E-state index in [1.165, 1.54) is 6.07 Å². The maximum atomic E-state index is 13.8. The van der Waals surface area contributed by atoms with Crippen LogP contribution in [-0.4, -0.2) is 6.79 Å². The van der Waals surface area contributed by atoms with Crippen molar-refractivity contribution in [2.45, 2.75) is 19.6 Å². The Kier molecular flexibility index (Phi) is 3.66. The maximum Gasteiger partial charge on any atom is 0.231 e. The van der Waals surface area contributed by atoms with Crippen molar-refractivity contribution >= 4 is 0 Å². The average molecular weight is 289 g/mol. The number of rotatable bonds is 4. The zero-order valence-electron chi connectivity index (χ0n) is 11.6. The van der Waals surface area contributed by atoms with E-state index in [0.29, 0.717) is 23.7 Å². The van der Waals surface area contributed by atoms with Crippen LogP contribution in [0.4, 0.5) is 4.39 Å². The second kappa shape index (κ2) is 5.61. The highest BCUT2D eigenvalue weighted by Crippen LogP contribution is 2.33. The predicted molar refractivity (Wildman–Crippen MR) is 75.9 cm³/mol. The van der Waals surface area contributed by atoms with Gasteiger partial charge >= 0.3 is 0 Å². The quantitative estimate of drug-likeness (QED) is 0.939. The minimum atomic E-state index is -0.432. The fourth-order valence-corrected chi connectivity index (χ4v) is 2.28. The van der Waals surface area contributed by atoms with Crippen molar-refractivity contribution < 1.29 is 18.6 Å². The number of halogens is 1. The molecule has 0 aromatic heterocycles. The molecule has 1 atom stereocenters. The molecular weight excluding hydrogens is 273 g/mol. The van der Waals surface area contributed by atoms with E-state index in [2.05, 4.69) is 0 Å². The summed E-state index contributed by atoms with van der Waals surface area (Å²) in [6, 6.07) is 9.85. The highest BCUT2D eigenvalue weighted by molar-refractivity contribution is 5.44. The van der Waals surface area contributed by atoms with Crippen molar-refractivity contribution in [3.63, 3.8) is 0 Å². The van der Waals surface area contributed by atoms with Crippen molar-refractivity contribution in [3.8, 4) is 17.2 Å². The monoisotopic (exact) mass is 289 g/mol. The van der Waals surface area contributed by atoms with Gasteiger partial charge < -0.3 is 19.9 Å². The van der Waals surface area contributed by atoms with Crippen LogP contribution in [0.3, 0.4) is 0 Å². The van der Waals surface area contributed by atoms with Crippen LogP contribution in [0.5, 0.6) is 17.2 Å². The van der Waals surface area contributed by atoms with Gasteiger partial charge in [0.1, 0.15) is 18.2 Å². The highest BCUT2D eigenvalue weighted by Gasteiger charge is 2.15. The molecule has 1 aliphatic rings. The zero-order chi connectivity index (χ0) is 14.8. The van der Waals surface area contributed by atoms with E-state index in [0.717, 1.165) is 11.3 Å². The van der Waals surface area contributed by atoms with Gasteiger partial charge in [-0.1, -0.05) is 12.1 Å². The summed E-state index contributed by atoms with van der Waals surface area (Å²) >= 11 is 0. The Balaban J connectivity index is 1.78. The van der Waals surface area contributed by atoms with Crippen LogP contribution in [0.25, 0.3) is 0 Å². The fraction of sp³-hybridized carbons (Fsp3) is 0.250. The van der Waals surface area contributed by atoms with E-state index in [1.54, 1.807) is 19.1 Å². The molecule has 0 aliphatic carbocycles. The normalized spacial score (nSPS) is 14.0. The molecule has 4 nitrogen and oxygen atoms in total. The van der Waals surface area contributed by atoms with Crippen molar-refractivity contribution in [2.24, 2.45) is 5.73 Å². The summed E-state index contributed by atoms with van der Waals surface area (Å²) in [6.07, 6.45) is 0. The molecule has 1 heterocycles. The van der Waals surface area contributed by atoms with Gasteiger partial charge in [-0.15, -0.1) is 0 Å². The Hall–Kier alpha value is -2.27. The molecule has 110 valence electrons. The van der Waals surface area contributed by atoms with Crippen LogP contribution >= 0.6 is 0 Å². The van der Waals surface area contributed by atoms with Gasteiger partial charge in [0.25, 0.3) is 0 Å². The number of nitrogens with two attached hydrogens (primary N) is 1. The molecule has 0 bridgehead atoms. The first-order valence-electron chi connectivity index (χ1n) is 6.70. The molecular formula is C16H16FNO3. The first-order valence-corrected chi connectivity index (χ1v) is 6.70. The Bertz CT molecular complexity index is 658. The van der Waals surface area contributed by atoms with Crippen LogP contribution in [0.15, 0.2) is 36.4 Å². The summed E-state index contributed by atoms with van der Waals surface area (Å²) in [5, 5.41) is 0. The minimum absolute atomic E-state index is 0.235. The molecule has 21 heavy (non-hydrogen) atoms. The van der Waals surface area contributed by atoms with Crippen molar-refractivity contribution in [1.82, 2.24) is 0 Å². The lowest BCUT2D eigenvalue weighted by atomic mass is 10.1. The van der Waals surface area contributed by atoms with Crippen molar-refractivity contribution in [3.05, 3.63) is 53.3 Å². The molecule has 2 N–H and O–H groups in total. The Labute approximate surface area is 122 Å². The van der Waals surface area contributed by atoms with Crippen LogP contribution in [0.1, 0.15) is 24.1 Å². The summed E-state index contributed by atoms with van der Waals surface area (Å²) in [4.78, 5) is 0. The number of hydrogen-bond donors (Lipinski definition) is 1. The van der Waals surface area contributed by atoms with Gasteiger partial charge in [-0.05, 0) is 36.8 Å². The summed E-state index contributed by atoms with van der Waals surface area (Å²) in [5.74, 6) is 1.53. The first-order chi connectivity index (χ1) is 10.1. The van der Waals surface area contributed by atoms with E-state index < -0.39 is 6.04 Å². The second-order valence-corrected chi connectivity index (χ2v) is 4.92. The number of hydrogen-bond acceptors (Lipinski definition) is 4. The second-order valence-electron chi connectivity index (χ2n) is 4.92. The summed E-state index contributed by atoms with van der Waals surface area (Å²) in [7, 11) is 0. The van der Waals surface area contributed by atoms with Crippen LogP contribution < -0.4 is 19.9 Å². The molecule has 0 fully saturated rings. The zero-order valence-corrected chi connectivity index (χ0v) is 11.6. The predicted octanol–water partition coefficient (Wildman–Crippen LogP) is 3.15. The van der Waals surface area contributed by atoms with Gasteiger partial charge in [-0.3, -0.25) is 0 Å². The molecule has 3 rings (SSSR count). The van der Waals surface area contributed by atoms with Gasteiger partial charge in [0, 0.05) is 11.6 Å². The molecule has 1 aliphatic heterocycles. The molecule has 2 aromatic carbocycles. The van der Waals surface area contributed by atoms with Crippen LogP contribution in [0.2, 0.25) is 0 Å². The standard InChI is InChI=1S/C16H16FNO3/c1-10(18)16-12(17)3-2-4-14(16)19-8-11-5-6-13-15(7-11)21-9-20-13/h2-7,10H,8-9,18H2,1H3/t10-/m0/s1. The highest BCUT2D eigenvalue weighted by atomic mass is 19.1. The van der Waals surface area contributed by atoms with Gasteiger partial charge in [0.15, 0.2) is 11.5 Å². The van der Waals surface area contributed by atoms with Crippen LogP contribution in [0, 0.1) is 5.82 Å². The third-order valence-corrected chi connectivity index (χ3v) is 3.30. The molecule has 0 unspecified atom stereocenters. The molecule has 0 amide bonds. The topological polar surface area (TPSA) is 53.7 Å². The molecule has 0 saturated heterocycles. The SMILES string of the molecule is C[C@H](N)c1c(F)cccc1OCc1ccc2c(c1)OCO2.